The Balaban J connectivity index is 0.981. The van der Waals surface area contributed by atoms with Gasteiger partial charge in [0.05, 0.1) is 0 Å². The SMILES string of the molecule is CCCCCC1CCC(c2ccc(CCCCCC(=O)CCCCCc3ccc([C@H]4CC[C@H](CCCCC)CC4)cc3)cc2)CC1. The minimum atomic E-state index is 0.480. The van der Waals surface area contributed by atoms with Crippen LogP contribution < -0.4 is 0 Å². The highest BCUT2D eigenvalue weighted by Gasteiger charge is 2.23. The Labute approximate surface area is 285 Å². The van der Waals surface area contributed by atoms with Crippen molar-refractivity contribution in [1.29, 1.82) is 0 Å². The van der Waals surface area contributed by atoms with E-state index < -0.39 is 0 Å². The smallest absolute Gasteiger partial charge is 0.132 e. The van der Waals surface area contributed by atoms with E-state index in [9.17, 15) is 4.79 Å². The first-order valence-electron chi connectivity index (χ1n) is 20.3. The third-order valence-corrected chi connectivity index (χ3v) is 11.9. The van der Waals surface area contributed by atoms with Crippen LogP contribution in [-0.2, 0) is 17.6 Å². The summed E-state index contributed by atoms with van der Waals surface area (Å²) < 4.78 is 0. The van der Waals surface area contributed by atoms with E-state index in [1.165, 1.54) is 140 Å². The molecule has 0 bridgehead atoms. The number of rotatable bonds is 22. The molecule has 0 unspecified atom stereocenters. The number of benzene rings is 2. The second-order valence-corrected chi connectivity index (χ2v) is 15.6. The number of aryl methyl sites for hydroxylation is 2. The summed E-state index contributed by atoms with van der Waals surface area (Å²) in [5.74, 6) is 4.03. The van der Waals surface area contributed by atoms with Gasteiger partial charge in [-0.2, -0.15) is 0 Å². The van der Waals surface area contributed by atoms with Gasteiger partial charge in [-0.3, -0.25) is 4.79 Å². The first kappa shape index (κ1) is 36.9. The van der Waals surface area contributed by atoms with E-state index in [1.54, 1.807) is 11.1 Å². The summed E-state index contributed by atoms with van der Waals surface area (Å²) >= 11 is 0. The first-order chi connectivity index (χ1) is 22.6. The van der Waals surface area contributed by atoms with Crippen LogP contribution >= 0.6 is 0 Å². The average Bonchev–Trinajstić information content (AvgIpc) is 3.09. The van der Waals surface area contributed by atoms with Gasteiger partial charge in [0.1, 0.15) is 5.78 Å². The molecule has 0 spiro atoms. The van der Waals surface area contributed by atoms with Crippen molar-refractivity contribution >= 4 is 5.78 Å². The topological polar surface area (TPSA) is 17.1 Å². The highest BCUT2D eigenvalue weighted by Crippen LogP contribution is 2.39. The van der Waals surface area contributed by atoms with Crippen molar-refractivity contribution in [2.75, 3.05) is 0 Å². The van der Waals surface area contributed by atoms with Gasteiger partial charge in [0.2, 0.25) is 0 Å². The van der Waals surface area contributed by atoms with Gasteiger partial charge in [0.15, 0.2) is 0 Å². The predicted octanol–water partition coefficient (Wildman–Crippen LogP) is 13.9. The summed E-state index contributed by atoms with van der Waals surface area (Å²) in [7, 11) is 0. The minimum Gasteiger partial charge on any atom is -0.300 e. The molecule has 4 rings (SSSR count). The molecule has 0 saturated heterocycles. The fraction of sp³-hybridized carbons (Fsp3) is 0.711. The van der Waals surface area contributed by atoms with Crippen LogP contribution in [0.1, 0.15) is 202 Å². The molecule has 0 radical (unpaired) electrons. The summed E-state index contributed by atoms with van der Waals surface area (Å²) in [5, 5.41) is 0. The zero-order chi connectivity index (χ0) is 32.2. The Kier molecular flexibility index (Phi) is 17.6. The van der Waals surface area contributed by atoms with Gasteiger partial charge in [-0.05, 0) is 136 Å². The fourth-order valence-corrected chi connectivity index (χ4v) is 8.63. The van der Waals surface area contributed by atoms with Crippen molar-refractivity contribution in [2.45, 2.75) is 193 Å². The quantitative estimate of drug-likeness (QED) is 0.119. The zero-order valence-electron chi connectivity index (χ0n) is 30.2. The van der Waals surface area contributed by atoms with Crippen LogP contribution in [-0.4, -0.2) is 5.78 Å². The predicted molar refractivity (Wildman–Crippen MR) is 200 cm³/mol. The Hall–Kier alpha value is -1.89. The molecule has 2 aliphatic rings. The van der Waals surface area contributed by atoms with Crippen LogP contribution in [0.15, 0.2) is 48.5 Å². The third kappa shape index (κ3) is 13.7. The van der Waals surface area contributed by atoms with E-state index in [0.29, 0.717) is 5.78 Å². The maximum Gasteiger partial charge on any atom is 0.132 e. The number of hydrogen-bond acceptors (Lipinski definition) is 1. The molecule has 0 heterocycles. The van der Waals surface area contributed by atoms with Crippen molar-refractivity contribution in [2.24, 2.45) is 11.8 Å². The van der Waals surface area contributed by atoms with Gasteiger partial charge >= 0.3 is 0 Å². The Morgan fingerprint density at radius 2 is 0.870 bits per heavy atom. The van der Waals surface area contributed by atoms with Gasteiger partial charge in [-0.15, -0.1) is 0 Å². The van der Waals surface area contributed by atoms with Crippen molar-refractivity contribution in [1.82, 2.24) is 0 Å². The van der Waals surface area contributed by atoms with Crippen molar-refractivity contribution in [3.8, 4) is 0 Å². The Morgan fingerprint density at radius 3 is 1.24 bits per heavy atom. The molecule has 0 atom stereocenters. The molecular weight excluding hydrogens is 556 g/mol. The lowest BCUT2D eigenvalue weighted by Gasteiger charge is -2.29. The summed E-state index contributed by atoms with van der Waals surface area (Å²) in [6.07, 6.45) is 33.3. The van der Waals surface area contributed by atoms with Crippen LogP contribution in [0.5, 0.6) is 0 Å². The first-order valence-corrected chi connectivity index (χ1v) is 20.3. The lowest BCUT2D eigenvalue weighted by atomic mass is 9.77. The maximum atomic E-state index is 12.5. The molecule has 2 fully saturated rings. The average molecular weight is 627 g/mol. The molecule has 2 aliphatic carbocycles. The second kappa shape index (κ2) is 21.9. The molecule has 46 heavy (non-hydrogen) atoms. The van der Waals surface area contributed by atoms with Crippen LogP contribution in [0.3, 0.4) is 0 Å². The van der Waals surface area contributed by atoms with E-state index in [1.807, 2.05) is 0 Å². The highest BCUT2D eigenvalue weighted by molar-refractivity contribution is 5.78. The Bertz CT molecular complexity index is 964. The normalized spacial score (nSPS) is 21.8. The number of carbonyl (C=O) groups is 1. The molecule has 1 nitrogen and oxygen atoms in total. The molecule has 2 saturated carbocycles. The summed E-state index contributed by atoms with van der Waals surface area (Å²) in [5.41, 5.74) is 6.08. The molecule has 2 aromatic rings. The summed E-state index contributed by atoms with van der Waals surface area (Å²) in [6.45, 7) is 4.62. The monoisotopic (exact) mass is 627 g/mol. The molecule has 0 amide bonds. The number of Topliss-reactive ketones (excluding diaryl/α,β-unsaturated/α-hetero) is 1. The van der Waals surface area contributed by atoms with Gasteiger partial charge in [0.25, 0.3) is 0 Å². The lowest BCUT2D eigenvalue weighted by Crippen LogP contribution is -2.13. The standard InChI is InChI=1S/C45H70O/c1-3-5-9-15-37-21-29-41(30-22-37)43-33-25-39(26-34-43)17-11-7-13-19-45(46)20-14-8-12-18-40-27-35-44(36-28-40)42-31-23-38(24-32-42)16-10-6-4-2/h25-28,33-38,41-42H,3-24,29-32H2,1-2H3/t37-,38?,41-,42?. The molecule has 0 aliphatic heterocycles. The van der Waals surface area contributed by atoms with E-state index >= 15 is 0 Å². The summed E-state index contributed by atoms with van der Waals surface area (Å²) in [4.78, 5) is 12.5. The van der Waals surface area contributed by atoms with E-state index in [0.717, 1.165) is 62.2 Å². The van der Waals surface area contributed by atoms with Gasteiger partial charge in [0, 0.05) is 12.8 Å². The highest BCUT2D eigenvalue weighted by atomic mass is 16.1. The minimum absolute atomic E-state index is 0.480. The van der Waals surface area contributed by atoms with Gasteiger partial charge in [-0.1, -0.05) is 127 Å². The lowest BCUT2D eigenvalue weighted by molar-refractivity contribution is -0.119. The number of carbonyl (C=O) groups excluding carboxylic acids is 1. The molecule has 0 aromatic heterocycles. The fourth-order valence-electron chi connectivity index (χ4n) is 8.63. The molecule has 2 aromatic carbocycles. The number of ketones is 1. The summed E-state index contributed by atoms with van der Waals surface area (Å²) in [6, 6.07) is 19.2. The van der Waals surface area contributed by atoms with E-state index in [4.69, 9.17) is 0 Å². The second-order valence-electron chi connectivity index (χ2n) is 15.6. The van der Waals surface area contributed by atoms with Gasteiger partial charge in [-0.25, -0.2) is 0 Å². The molecule has 1 heteroatoms. The number of unbranched alkanes of at least 4 members (excludes halogenated alkanes) is 8. The van der Waals surface area contributed by atoms with E-state index in [-0.39, 0.29) is 0 Å². The largest absolute Gasteiger partial charge is 0.300 e. The van der Waals surface area contributed by atoms with Crippen LogP contribution in [0, 0.1) is 11.8 Å². The van der Waals surface area contributed by atoms with Gasteiger partial charge < -0.3 is 0 Å². The molecular formula is C45H70O. The Morgan fingerprint density at radius 1 is 0.478 bits per heavy atom. The molecule has 0 N–H and O–H groups in total. The van der Waals surface area contributed by atoms with Crippen LogP contribution in [0.2, 0.25) is 0 Å². The number of hydrogen-bond donors (Lipinski definition) is 0. The van der Waals surface area contributed by atoms with Crippen molar-refractivity contribution < 1.29 is 4.79 Å². The van der Waals surface area contributed by atoms with E-state index in [2.05, 4.69) is 62.4 Å². The third-order valence-electron chi connectivity index (χ3n) is 11.9. The molecule has 256 valence electrons. The van der Waals surface area contributed by atoms with Crippen molar-refractivity contribution in [3.63, 3.8) is 0 Å². The van der Waals surface area contributed by atoms with Crippen LogP contribution in [0.4, 0.5) is 0 Å². The maximum absolute atomic E-state index is 12.5. The van der Waals surface area contributed by atoms with Crippen LogP contribution in [0.25, 0.3) is 0 Å². The van der Waals surface area contributed by atoms with Crippen molar-refractivity contribution in [3.05, 3.63) is 70.8 Å². The zero-order valence-corrected chi connectivity index (χ0v) is 30.2.